The number of halogens is 1. The van der Waals surface area contributed by atoms with Gasteiger partial charge in [-0.15, -0.1) is 11.3 Å². The Balaban J connectivity index is 1.58. The van der Waals surface area contributed by atoms with Gasteiger partial charge >= 0.3 is 6.09 Å². The van der Waals surface area contributed by atoms with E-state index in [9.17, 15) is 14.0 Å². The second-order valence-electron chi connectivity index (χ2n) is 8.18. The number of pyridine rings is 1. The Kier molecular flexibility index (Phi) is 5.02. The number of rotatable bonds is 2. The zero-order valence-corrected chi connectivity index (χ0v) is 17.5. The van der Waals surface area contributed by atoms with E-state index < -0.39 is 23.5 Å². The highest BCUT2D eigenvalue weighted by Gasteiger charge is 2.35. The molecule has 2 aromatic heterocycles. The highest BCUT2D eigenvalue weighted by atomic mass is 32.1. The van der Waals surface area contributed by atoms with Crippen molar-refractivity contribution in [1.29, 1.82) is 0 Å². The van der Waals surface area contributed by atoms with Gasteiger partial charge in [0.05, 0.1) is 11.3 Å². The summed E-state index contributed by atoms with van der Waals surface area (Å²) in [5, 5.41) is 0.396. The summed E-state index contributed by atoms with van der Waals surface area (Å²) in [4.78, 5) is 37.1. The van der Waals surface area contributed by atoms with Crippen molar-refractivity contribution < 1.29 is 18.7 Å². The first-order chi connectivity index (χ1) is 13.7. The predicted octanol–water partition coefficient (Wildman–Crippen LogP) is 3.88. The van der Waals surface area contributed by atoms with Gasteiger partial charge in [-0.05, 0) is 45.7 Å². The second-order valence-corrected chi connectivity index (χ2v) is 9.18. The van der Waals surface area contributed by atoms with Crippen LogP contribution in [0.2, 0.25) is 0 Å². The van der Waals surface area contributed by atoms with Crippen molar-refractivity contribution in [3.8, 4) is 10.6 Å². The molecule has 0 saturated carbocycles. The Hall–Kier alpha value is -2.55. The van der Waals surface area contributed by atoms with Crippen LogP contribution in [-0.2, 0) is 11.2 Å². The third-order valence-electron chi connectivity index (χ3n) is 4.82. The van der Waals surface area contributed by atoms with Crippen LogP contribution < -0.4 is 4.90 Å². The van der Waals surface area contributed by atoms with Crippen molar-refractivity contribution in [2.24, 2.45) is 0 Å². The Labute approximate surface area is 172 Å². The fourth-order valence-corrected chi connectivity index (χ4v) is 4.52. The molecule has 154 valence electrons. The third kappa shape index (κ3) is 3.96. The Bertz CT molecular complexity index is 963. The average molecular weight is 418 g/mol. The van der Waals surface area contributed by atoms with Crippen LogP contribution in [0, 0.1) is 5.95 Å². The van der Waals surface area contributed by atoms with Crippen molar-refractivity contribution >= 4 is 29.2 Å². The van der Waals surface area contributed by atoms with Crippen LogP contribution in [0.4, 0.5) is 15.0 Å². The minimum absolute atomic E-state index is 0.193. The predicted molar refractivity (Wildman–Crippen MR) is 108 cm³/mol. The Morgan fingerprint density at radius 2 is 1.90 bits per heavy atom. The number of anilines is 1. The number of thiazole rings is 1. The number of aromatic nitrogens is 2. The highest BCUT2D eigenvalue weighted by molar-refractivity contribution is 7.17. The lowest BCUT2D eigenvalue weighted by Crippen LogP contribution is -2.44. The fourth-order valence-electron chi connectivity index (χ4n) is 3.44. The summed E-state index contributed by atoms with van der Waals surface area (Å²) in [5.41, 5.74) is 0.157. The summed E-state index contributed by atoms with van der Waals surface area (Å²) in [6, 6.07) is 3.45. The lowest BCUT2D eigenvalue weighted by molar-refractivity contribution is 0.0235. The third-order valence-corrected chi connectivity index (χ3v) is 5.94. The standard InChI is InChI=1S/C20H23FN4O3S/c1-20(2,3)28-19(27)25-11-8-13-15(18(25)26)29-17(22-13)12-6-7-14(23-16(12)21)24-9-4-5-10-24/h6-7H,4-5,8-11H2,1-3H3. The first-order valence-electron chi connectivity index (χ1n) is 9.69. The summed E-state index contributed by atoms with van der Waals surface area (Å²) in [6.45, 7) is 7.20. The summed E-state index contributed by atoms with van der Waals surface area (Å²) >= 11 is 1.08. The summed E-state index contributed by atoms with van der Waals surface area (Å²) in [6.07, 6.45) is 1.91. The molecule has 2 amide bonds. The largest absolute Gasteiger partial charge is 0.443 e. The van der Waals surface area contributed by atoms with Gasteiger partial charge in [0.1, 0.15) is 21.3 Å². The number of ether oxygens (including phenoxy) is 1. The number of carbonyl (C=O) groups is 2. The molecule has 0 radical (unpaired) electrons. The maximum atomic E-state index is 14.7. The van der Waals surface area contributed by atoms with Crippen LogP contribution in [0.25, 0.3) is 10.6 Å². The van der Waals surface area contributed by atoms with Gasteiger partial charge in [-0.3, -0.25) is 4.79 Å². The van der Waals surface area contributed by atoms with Crippen molar-refractivity contribution in [2.75, 3.05) is 24.5 Å². The molecule has 1 saturated heterocycles. The van der Waals surface area contributed by atoms with E-state index in [0.717, 1.165) is 42.2 Å². The summed E-state index contributed by atoms with van der Waals surface area (Å²) in [7, 11) is 0. The van der Waals surface area contributed by atoms with E-state index in [-0.39, 0.29) is 12.1 Å². The van der Waals surface area contributed by atoms with Gasteiger partial charge in [0.2, 0.25) is 5.95 Å². The van der Waals surface area contributed by atoms with E-state index in [1.165, 1.54) is 0 Å². The molecule has 4 rings (SSSR count). The first kappa shape index (κ1) is 19.8. The molecule has 0 aliphatic carbocycles. The van der Waals surface area contributed by atoms with Crippen LogP contribution in [0.3, 0.4) is 0 Å². The maximum Gasteiger partial charge on any atom is 0.417 e. The van der Waals surface area contributed by atoms with Crippen molar-refractivity contribution in [3.63, 3.8) is 0 Å². The minimum atomic E-state index is -0.692. The van der Waals surface area contributed by atoms with Crippen molar-refractivity contribution in [3.05, 3.63) is 28.7 Å². The molecule has 29 heavy (non-hydrogen) atoms. The van der Waals surface area contributed by atoms with E-state index in [1.54, 1.807) is 32.9 Å². The number of carbonyl (C=O) groups excluding carboxylic acids is 2. The van der Waals surface area contributed by atoms with Gasteiger partial charge in [0, 0.05) is 26.1 Å². The molecular weight excluding hydrogens is 395 g/mol. The lowest BCUT2D eigenvalue weighted by atomic mass is 10.1. The smallest absolute Gasteiger partial charge is 0.417 e. The van der Waals surface area contributed by atoms with Gasteiger partial charge < -0.3 is 9.64 Å². The molecular formula is C20H23FN4O3S. The fraction of sp³-hybridized carbons (Fsp3) is 0.500. The quantitative estimate of drug-likeness (QED) is 0.689. The lowest BCUT2D eigenvalue weighted by Gasteiger charge is -2.27. The molecule has 0 bridgehead atoms. The highest BCUT2D eigenvalue weighted by Crippen LogP contribution is 2.34. The second kappa shape index (κ2) is 7.37. The van der Waals surface area contributed by atoms with E-state index >= 15 is 0 Å². The Morgan fingerprint density at radius 3 is 2.55 bits per heavy atom. The minimum Gasteiger partial charge on any atom is -0.443 e. The molecule has 2 aromatic rings. The van der Waals surface area contributed by atoms with Crippen molar-refractivity contribution in [1.82, 2.24) is 14.9 Å². The Morgan fingerprint density at radius 1 is 1.17 bits per heavy atom. The molecule has 0 spiro atoms. The van der Waals surface area contributed by atoms with Gasteiger partial charge in [-0.1, -0.05) is 0 Å². The van der Waals surface area contributed by atoms with Crippen LogP contribution in [-0.4, -0.2) is 52.1 Å². The number of fused-ring (bicyclic) bond motifs is 1. The van der Waals surface area contributed by atoms with Crippen LogP contribution in [0.5, 0.6) is 0 Å². The monoisotopic (exact) mass is 418 g/mol. The van der Waals surface area contributed by atoms with Crippen LogP contribution in [0.15, 0.2) is 12.1 Å². The molecule has 7 nitrogen and oxygen atoms in total. The van der Waals surface area contributed by atoms with Crippen LogP contribution >= 0.6 is 11.3 Å². The van der Waals surface area contributed by atoms with Gasteiger partial charge in [0.25, 0.3) is 5.91 Å². The molecule has 9 heteroatoms. The van der Waals surface area contributed by atoms with E-state index in [1.807, 2.05) is 0 Å². The van der Waals surface area contributed by atoms with Gasteiger partial charge in [-0.2, -0.15) is 4.39 Å². The molecule has 0 aromatic carbocycles. The molecule has 0 N–H and O–H groups in total. The summed E-state index contributed by atoms with van der Waals surface area (Å²) < 4.78 is 20.0. The normalized spacial score (nSPS) is 16.9. The topological polar surface area (TPSA) is 75.6 Å². The molecule has 2 aliphatic heterocycles. The molecule has 0 atom stereocenters. The maximum absolute atomic E-state index is 14.7. The number of hydrogen-bond acceptors (Lipinski definition) is 7. The molecule has 0 unspecified atom stereocenters. The molecule has 2 aliphatic rings. The first-order valence-corrected chi connectivity index (χ1v) is 10.5. The number of imide groups is 1. The van der Waals surface area contributed by atoms with Crippen molar-refractivity contribution in [2.45, 2.75) is 45.6 Å². The number of amides is 2. The SMILES string of the molecule is CC(C)(C)OC(=O)N1CCc2nc(-c3ccc(N4CCCC4)nc3F)sc2C1=O. The summed E-state index contributed by atoms with van der Waals surface area (Å²) in [5.74, 6) is -0.430. The van der Waals surface area contributed by atoms with E-state index in [2.05, 4.69) is 14.9 Å². The molecule has 1 fully saturated rings. The van der Waals surface area contributed by atoms with Crippen LogP contribution in [0.1, 0.15) is 49.0 Å². The zero-order chi connectivity index (χ0) is 20.8. The van der Waals surface area contributed by atoms with E-state index in [0.29, 0.717) is 27.8 Å². The molecule has 4 heterocycles. The average Bonchev–Trinajstić information content (AvgIpc) is 3.30. The number of nitrogens with zero attached hydrogens (tertiary/aromatic N) is 4. The van der Waals surface area contributed by atoms with Gasteiger partial charge in [-0.25, -0.2) is 19.7 Å². The van der Waals surface area contributed by atoms with E-state index in [4.69, 9.17) is 4.74 Å². The number of hydrogen-bond donors (Lipinski definition) is 0. The zero-order valence-electron chi connectivity index (χ0n) is 16.7. The van der Waals surface area contributed by atoms with Gasteiger partial charge in [0.15, 0.2) is 0 Å².